The summed E-state index contributed by atoms with van der Waals surface area (Å²) in [5.74, 6) is -0.651. The number of piperazine rings is 1. The molecule has 1 N–H and O–H groups in total. The summed E-state index contributed by atoms with van der Waals surface area (Å²) in [7, 11) is 0. The highest BCUT2D eigenvalue weighted by Gasteiger charge is 2.37. The van der Waals surface area contributed by atoms with Crippen LogP contribution in [0.4, 0.5) is 13.2 Å². The van der Waals surface area contributed by atoms with Crippen LogP contribution in [0.2, 0.25) is 0 Å². The second-order valence-corrected chi connectivity index (χ2v) is 6.35. The number of hydrogen-bond donors (Lipinski definition) is 1. The summed E-state index contributed by atoms with van der Waals surface area (Å²) in [5, 5.41) is 2.99. The first-order chi connectivity index (χ1) is 11.9. The molecular formula is C17H20F3N3O2. The Morgan fingerprint density at radius 2 is 1.96 bits per heavy atom. The molecule has 1 atom stereocenters. The molecule has 1 aromatic carbocycles. The fourth-order valence-electron chi connectivity index (χ4n) is 3.49. The molecule has 0 radical (unpaired) electrons. The van der Waals surface area contributed by atoms with Gasteiger partial charge in [-0.25, -0.2) is 0 Å². The first-order valence-corrected chi connectivity index (χ1v) is 8.33. The topological polar surface area (TPSA) is 52.7 Å². The molecule has 0 bridgehead atoms. The molecule has 5 nitrogen and oxygen atoms in total. The van der Waals surface area contributed by atoms with Gasteiger partial charge in [0, 0.05) is 32.2 Å². The van der Waals surface area contributed by atoms with Gasteiger partial charge in [-0.3, -0.25) is 9.59 Å². The lowest BCUT2D eigenvalue weighted by Gasteiger charge is -2.41. The number of amides is 2. The van der Waals surface area contributed by atoms with Crippen molar-refractivity contribution in [3.8, 4) is 0 Å². The number of rotatable bonds is 2. The first kappa shape index (κ1) is 17.7. The maximum Gasteiger partial charge on any atom is 0.417 e. The van der Waals surface area contributed by atoms with Crippen molar-refractivity contribution in [3.05, 3.63) is 35.4 Å². The minimum absolute atomic E-state index is 0.0266. The van der Waals surface area contributed by atoms with Gasteiger partial charge in [-0.1, -0.05) is 12.1 Å². The number of hydrogen-bond acceptors (Lipinski definition) is 3. The zero-order chi connectivity index (χ0) is 18.0. The lowest BCUT2D eigenvalue weighted by atomic mass is 10.00. The van der Waals surface area contributed by atoms with Gasteiger partial charge in [-0.2, -0.15) is 13.2 Å². The van der Waals surface area contributed by atoms with Crippen molar-refractivity contribution in [2.75, 3.05) is 32.7 Å². The molecule has 25 heavy (non-hydrogen) atoms. The van der Waals surface area contributed by atoms with Gasteiger partial charge in [0.2, 0.25) is 5.91 Å². The molecule has 1 aromatic rings. The van der Waals surface area contributed by atoms with E-state index in [9.17, 15) is 22.8 Å². The normalized spacial score (nSPS) is 22.2. The average molecular weight is 355 g/mol. The van der Waals surface area contributed by atoms with Crippen molar-refractivity contribution in [1.29, 1.82) is 0 Å². The molecule has 0 saturated carbocycles. The lowest BCUT2D eigenvalue weighted by Crippen LogP contribution is -2.57. The summed E-state index contributed by atoms with van der Waals surface area (Å²) < 4.78 is 39.5. The van der Waals surface area contributed by atoms with E-state index in [1.807, 2.05) is 0 Å². The zero-order valence-electron chi connectivity index (χ0n) is 13.7. The maximum atomic E-state index is 13.2. The fraction of sp³-hybridized carbons (Fsp3) is 0.529. The van der Waals surface area contributed by atoms with Crippen molar-refractivity contribution < 1.29 is 22.8 Å². The number of halogens is 3. The Kier molecular flexibility index (Phi) is 4.99. The number of nitrogens with one attached hydrogen (secondary N) is 1. The molecule has 0 spiro atoms. The molecule has 0 aromatic heterocycles. The standard InChI is InChI=1S/C17H20F3N3O2/c18-17(19,20)14-6-2-1-5-13(14)16(25)22-8-3-4-12(11-22)23-9-7-21-10-15(23)24/h1-2,5-6,12,21H,3-4,7-11H2. The van der Waals surface area contributed by atoms with Crippen LogP contribution in [0.3, 0.4) is 0 Å². The van der Waals surface area contributed by atoms with Crippen LogP contribution in [0.15, 0.2) is 24.3 Å². The van der Waals surface area contributed by atoms with Crippen LogP contribution in [0, 0.1) is 0 Å². The maximum absolute atomic E-state index is 13.2. The van der Waals surface area contributed by atoms with Gasteiger partial charge in [0.1, 0.15) is 0 Å². The van der Waals surface area contributed by atoms with Crippen LogP contribution >= 0.6 is 0 Å². The third-order valence-corrected chi connectivity index (χ3v) is 4.71. The van der Waals surface area contributed by atoms with Crippen LogP contribution in [0.1, 0.15) is 28.8 Å². The summed E-state index contributed by atoms with van der Waals surface area (Å²) >= 11 is 0. The predicted octanol–water partition coefficient (Wildman–Crippen LogP) is 1.74. The van der Waals surface area contributed by atoms with Crippen LogP contribution in [-0.2, 0) is 11.0 Å². The minimum Gasteiger partial charge on any atom is -0.337 e. The third-order valence-electron chi connectivity index (χ3n) is 4.71. The Balaban J connectivity index is 1.78. The van der Waals surface area contributed by atoms with E-state index in [-0.39, 0.29) is 30.6 Å². The van der Waals surface area contributed by atoms with E-state index in [0.717, 1.165) is 12.5 Å². The molecule has 2 amide bonds. The van der Waals surface area contributed by atoms with Crippen molar-refractivity contribution in [2.24, 2.45) is 0 Å². The predicted molar refractivity (Wildman–Crippen MR) is 85.0 cm³/mol. The second-order valence-electron chi connectivity index (χ2n) is 6.35. The van der Waals surface area contributed by atoms with Gasteiger partial charge in [0.15, 0.2) is 0 Å². The molecule has 2 aliphatic heterocycles. The van der Waals surface area contributed by atoms with E-state index in [1.165, 1.54) is 23.1 Å². The Morgan fingerprint density at radius 3 is 2.68 bits per heavy atom. The summed E-state index contributed by atoms with van der Waals surface area (Å²) in [6.45, 7) is 2.19. The van der Waals surface area contributed by atoms with E-state index in [2.05, 4.69) is 5.32 Å². The number of benzene rings is 1. The molecule has 2 fully saturated rings. The van der Waals surface area contributed by atoms with Crippen molar-refractivity contribution in [1.82, 2.24) is 15.1 Å². The Hall–Kier alpha value is -2.09. The van der Waals surface area contributed by atoms with E-state index >= 15 is 0 Å². The smallest absolute Gasteiger partial charge is 0.337 e. The lowest BCUT2D eigenvalue weighted by molar-refractivity contribution is -0.138. The van der Waals surface area contributed by atoms with Crippen LogP contribution < -0.4 is 5.32 Å². The molecule has 2 aliphatic rings. The fourth-order valence-corrected chi connectivity index (χ4v) is 3.49. The van der Waals surface area contributed by atoms with Gasteiger partial charge in [-0.15, -0.1) is 0 Å². The van der Waals surface area contributed by atoms with Gasteiger partial charge >= 0.3 is 6.18 Å². The van der Waals surface area contributed by atoms with E-state index in [1.54, 1.807) is 4.90 Å². The largest absolute Gasteiger partial charge is 0.417 e. The Morgan fingerprint density at radius 1 is 1.20 bits per heavy atom. The molecule has 2 saturated heterocycles. The summed E-state index contributed by atoms with van der Waals surface area (Å²) in [6.07, 6.45) is -3.14. The molecule has 1 unspecified atom stereocenters. The molecule has 136 valence electrons. The van der Waals surface area contributed by atoms with Gasteiger partial charge in [0.05, 0.1) is 17.7 Å². The van der Waals surface area contributed by atoms with Gasteiger partial charge in [-0.05, 0) is 25.0 Å². The highest BCUT2D eigenvalue weighted by Crippen LogP contribution is 2.33. The highest BCUT2D eigenvalue weighted by atomic mass is 19.4. The van der Waals surface area contributed by atoms with Crippen LogP contribution in [-0.4, -0.2) is 60.4 Å². The number of carbonyl (C=O) groups excluding carboxylic acids is 2. The Labute approximate surface area is 143 Å². The Bertz CT molecular complexity index is 663. The number of likely N-dealkylation sites (tertiary alicyclic amines) is 1. The quantitative estimate of drug-likeness (QED) is 0.879. The van der Waals surface area contributed by atoms with E-state index < -0.39 is 17.6 Å². The van der Waals surface area contributed by atoms with E-state index in [0.29, 0.717) is 26.1 Å². The van der Waals surface area contributed by atoms with Crippen molar-refractivity contribution >= 4 is 11.8 Å². The van der Waals surface area contributed by atoms with Crippen LogP contribution in [0.25, 0.3) is 0 Å². The highest BCUT2D eigenvalue weighted by molar-refractivity contribution is 5.96. The van der Waals surface area contributed by atoms with Gasteiger partial charge < -0.3 is 15.1 Å². The number of nitrogens with zero attached hydrogens (tertiary/aromatic N) is 2. The molecule has 2 heterocycles. The molecule has 3 rings (SSSR count). The van der Waals surface area contributed by atoms with Crippen LogP contribution in [0.5, 0.6) is 0 Å². The summed E-state index contributed by atoms with van der Waals surface area (Å²) in [6, 6.07) is 4.71. The molecule has 8 heteroatoms. The second kappa shape index (κ2) is 7.03. The minimum atomic E-state index is -4.57. The number of piperidine rings is 1. The van der Waals surface area contributed by atoms with Crippen molar-refractivity contribution in [2.45, 2.75) is 25.1 Å². The average Bonchev–Trinajstić information content (AvgIpc) is 2.61. The number of carbonyl (C=O) groups is 2. The van der Waals surface area contributed by atoms with E-state index in [4.69, 9.17) is 0 Å². The van der Waals surface area contributed by atoms with Gasteiger partial charge in [0.25, 0.3) is 5.91 Å². The SMILES string of the molecule is O=C(c1ccccc1C(F)(F)F)N1CCCC(N2CCNCC2=O)C1. The summed E-state index contributed by atoms with van der Waals surface area (Å²) in [4.78, 5) is 27.9. The molecular weight excluding hydrogens is 335 g/mol. The van der Waals surface area contributed by atoms with Crippen molar-refractivity contribution in [3.63, 3.8) is 0 Å². The third kappa shape index (κ3) is 3.78. The zero-order valence-corrected chi connectivity index (χ0v) is 13.7. The monoisotopic (exact) mass is 355 g/mol. The first-order valence-electron chi connectivity index (χ1n) is 8.33. The number of alkyl halides is 3. The molecule has 0 aliphatic carbocycles. The summed E-state index contributed by atoms with van der Waals surface area (Å²) in [5.41, 5.74) is -1.25.